The molecule has 0 atom stereocenters. The predicted octanol–water partition coefficient (Wildman–Crippen LogP) is 2.75. The highest BCUT2D eigenvalue weighted by atomic mass is 16.5. The van der Waals surface area contributed by atoms with Crippen LogP contribution in [-0.2, 0) is 14.3 Å². The Bertz CT molecular complexity index is 706. The smallest absolute Gasteiger partial charge is 0.353 e. The number of benzene rings is 1. The maximum Gasteiger partial charge on any atom is 0.353 e. The predicted molar refractivity (Wildman–Crippen MR) is 101 cm³/mol. The molecule has 1 aromatic carbocycles. The van der Waals surface area contributed by atoms with Crippen LogP contribution in [0.2, 0.25) is 0 Å². The van der Waals surface area contributed by atoms with E-state index in [-0.39, 0.29) is 24.1 Å². The molecule has 0 aliphatic carbocycles. The van der Waals surface area contributed by atoms with Crippen molar-refractivity contribution in [2.45, 2.75) is 20.3 Å². The Labute approximate surface area is 153 Å². The van der Waals surface area contributed by atoms with Crippen molar-refractivity contribution in [2.75, 3.05) is 19.5 Å². The number of hydrogen-bond donors (Lipinski definition) is 2. The molecular weight excluding hydrogens is 334 g/mol. The third kappa shape index (κ3) is 6.08. The molecule has 0 bridgehead atoms. The molecule has 0 aromatic heterocycles. The first-order valence-electron chi connectivity index (χ1n) is 8.14. The van der Waals surface area contributed by atoms with E-state index < -0.39 is 5.97 Å². The molecule has 0 saturated carbocycles. The first-order valence-corrected chi connectivity index (χ1v) is 8.14. The Balaban J connectivity index is 2.84. The molecule has 2 amide bonds. The minimum Gasteiger partial charge on any atom is -0.464 e. The minimum absolute atomic E-state index is 0.00842. The maximum absolute atomic E-state index is 12.4. The number of amides is 2. The van der Waals surface area contributed by atoms with Gasteiger partial charge >= 0.3 is 12.0 Å². The van der Waals surface area contributed by atoms with Crippen molar-refractivity contribution < 1.29 is 19.1 Å². The Morgan fingerprint density at radius 1 is 1.27 bits per heavy atom. The highest BCUT2D eigenvalue weighted by Crippen LogP contribution is 2.17. The lowest BCUT2D eigenvalue weighted by Gasteiger charge is -2.24. The highest BCUT2D eigenvalue weighted by Gasteiger charge is 2.16. The van der Waals surface area contributed by atoms with Crippen molar-refractivity contribution in [3.63, 3.8) is 0 Å². The van der Waals surface area contributed by atoms with Crippen LogP contribution in [0, 0.1) is 5.92 Å². The van der Waals surface area contributed by atoms with Gasteiger partial charge in [-0.05, 0) is 29.7 Å². The van der Waals surface area contributed by atoms with Crippen molar-refractivity contribution in [3.8, 4) is 0 Å². The van der Waals surface area contributed by atoms with E-state index in [4.69, 9.17) is 5.73 Å². The number of hydrogen-bond acceptors (Lipinski definition) is 5. The summed E-state index contributed by atoms with van der Waals surface area (Å²) in [5.74, 6) is -0.508. The number of aldehydes is 1. The van der Waals surface area contributed by atoms with Gasteiger partial charge in [-0.2, -0.15) is 0 Å². The average molecular weight is 359 g/mol. The number of nitrogens with zero attached hydrogens (tertiary/aromatic N) is 1. The second kappa shape index (κ2) is 10.0. The number of allylic oxidation sites excluding steroid dienone is 2. The van der Waals surface area contributed by atoms with Crippen LogP contribution in [-0.4, -0.2) is 37.3 Å². The van der Waals surface area contributed by atoms with Crippen LogP contribution in [0.25, 0.3) is 6.08 Å². The molecule has 140 valence electrons. The number of urea groups is 1. The van der Waals surface area contributed by atoms with Crippen LogP contribution >= 0.6 is 0 Å². The molecule has 0 unspecified atom stereocenters. The fourth-order valence-corrected chi connectivity index (χ4v) is 2.27. The number of nitrogens with two attached hydrogens (primary N) is 1. The van der Waals surface area contributed by atoms with E-state index in [1.54, 1.807) is 37.4 Å². The van der Waals surface area contributed by atoms with Gasteiger partial charge < -0.3 is 25.5 Å². The molecule has 7 heteroatoms. The largest absolute Gasteiger partial charge is 0.464 e. The summed E-state index contributed by atoms with van der Waals surface area (Å²) in [6.07, 6.45) is 4.28. The van der Waals surface area contributed by atoms with E-state index in [9.17, 15) is 14.4 Å². The molecule has 0 fully saturated rings. The van der Waals surface area contributed by atoms with Gasteiger partial charge in [0.2, 0.25) is 0 Å². The first kappa shape index (κ1) is 21.0. The van der Waals surface area contributed by atoms with Gasteiger partial charge in [0.15, 0.2) is 0 Å². The topological polar surface area (TPSA) is 102 Å². The normalized spacial score (nSPS) is 11.9. The van der Waals surface area contributed by atoms with Gasteiger partial charge in [0.1, 0.15) is 12.0 Å². The van der Waals surface area contributed by atoms with Gasteiger partial charge in [0, 0.05) is 24.9 Å². The summed E-state index contributed by atoms with van der Waals surface area (Å²) in [6.45, 7) is 3.90. The van der Waals surface area contributed by atoms with Crippen molar-refractivity contribution in [3.05, 3.63) is 47.3 Å². The van der Waals surface area contributed by atoms with E-state index >= 15 is 0 Å². The zero-order chi connectivity index (χ0) is 19.7. The number of esters is 1. The molecular formula is C19H25N3O4. The van der Waals surface area contributed by atoms with Crippen LogP contribution in [0.3, 0.4) is 0 Å². The van der Waals surface area contributed by atoms with Crippen LogP contribution in [0.1, 0.15) is 25.8 Å². The van der Waals surface area contributed by atoms with E-state index in [2.05, 4.69) is 10.1 Å². The van der Waals surface area contributed by atoms with Gasteiger partial charge in [0.25, 0.3) is 0 Å². The molecule has 0 spiro atoms. The second-order valence-electron chi connectivity index (χ2n) is 5.89. The quantitative estimate of drug-likeness (QED) is 0.443. The number of methoxy groups -OCH3 is 1. The zero-order valence-electron chi connectivity index (χ0n) is 15.5. The lowest BCUT2D eigenvalue weighted by atomic mass is 10.1. The summed E-state index contributed by atoms with van der Waals surface area (Å²) in [5.41, 5.74) is 7.65. The zero-order valence-corrected chi connectivity index (χ0v) is 15.5. The number of nitrogens with one attached hydrogen (secondary N) is 1. The standard InChI is InChI=1S/C19H25N3O4/c1-13(2)17(6-5-11-23)22(3)19(25)21-15-9-7-14(8-10-15)12-16(20)18(24)26-4/h6-13H,5,20H2,1-4H3,(H,21,25)/b16-12+,17-6-. The Morgan fingerprint density at radius 2 is 1.88 bits per heavy atom. The maximum atomic E-state index is 12.4. The van der Waals surface area contributed by atoms with Crippen LogP contribution in [0.5, 0.6) is 0 Å². The molecule has 0 aliphatic heterocycles. The molecule has 0 saturated heterocycles. The van der Waals surface area contributed by atoms with Crippen molar-refractivity contribution >= 4 is 30.0 Å². The number of carbonyl (C=O) groups excluding carboxylic acids is 3. The summed E-state index contributed by atoms with van der Waals surface area (Å²) in [5, 5.41) is 2.78. The fraction of sp³-hybridized carbons (Fsp3) is 0.316. The molecule has 26 heavy (non-hydrogen) atoms. The van der Waals surface area contributed by atoms with Crippen LogP contribution in [0.4, 0.5) is 10.5 Å². The molecule has 1 aromatic rings. The molecule has 7 nitrogen and oxygen atoms in total. The van der Waals surface area contributed by atoms with E-state index in [0.717, 1.165) is 12.0 Å². The molecule has 0 aliphatic rings. The van der Waals surface area contributed by atoms with Crippen molar-refractivity contribution in [1.29, 1.82) is 0 Å². The number of rotatable bonds is 7. The third-order valence-corrected chi connectivity index (χ3v) is 3.61. The van der Waals surface area contributed by atoms with Gasteiger partial charge in [-0.25, -0.2) is 9.59 Å². The average Bonchev–Trinajstić information content (AvgIpc) is 2.62. The molecule has 3 N–H and O–H groups in total. The van der Waals surface area contributed by atoms with Crippen LogP contribution in [0.15, 0.2) is 41.7 Å². The monoisotopic (exact) mass is 359 g/mol. The minimum atomic E-state index is -0.604. The number of ether oxygens (including phenoxy) is 1. The molecule has 0 heterocycles. The Hall–Kier alpha value is -3.09. The van der Waals surface area contributed by atoms with E-state index in [1.807, 2.05) is 13.8 Å². The Morgan fingerprint density at radius 3 is 2.38 bits per heavy atom. The van der Waals surface area contributed by atoms with Gasteiger partial charge in [-0.15, -0.1) is 0 Å². The molecule has 0 radical (unpaired) electrons. The number of carbonyl (C=O) groups is 3. The second-order valence-corrected chi connectivity index (χ2v) is 5.89. The highest BCUT2D eigenvalue weighted by molar-refractivity contribution is 5.93. The summed E-state index contributed by atoms with van der Waals surface area (Å²) < 4.78 is 4.53. The Kier molecular flexibility index (Phi) is 8.08. The van der Waals surface area contributed by atoms with Crippen molar-refractivity contribution in [2.24, 2.45) is 11.7 Å². The van der Waals surface area contributed by atoms with Gasteiger partial charge in [-0.1, -0.05) is 32.1 Å². The van der Waals surface area contributed by atoms with E-state index in [1.165, 1.54) is 18.1 Å². The fourth-order valence-electron chi connectivity index (χ4n) is 2.27. The third-order valence-electron chi connectivity index (χ3n) is 3.61. The summed E-state index contributed by atoms with van der Waals surface area (Å²) >= 11 is 0. The lowest BCUT2D eigenvalue weighted by Crippen LogP contribution is -2.32. The van der Waals surface area contributed by atoms with Gasteiger partial charge in [-0.3, -0.25) is 0 Å². The summed E-state index contributed by atoms with van der Waals surface area (Å²) in [7, 11) is 2.91. The lowest BCUT2D eigenvalue weighted by molar-refractivity contribution is -0.136. The number of anilines is 1. The van der Waals surface area contributed by atoms with Gasteiger partial charge in [0.05, 0.1) is 7.11 Å². The van der Waals surface area contributed by atoms with E-state index in [0.29, 0.717) is 11.3 Å². The summed E-state index contributed by atoms with van der Waals surface area (Å²) in [6, 6.07) is 6.53. The van der Waals surface area contributed by atoms with Crippen molar-refractivity contribution in [1.82, 2.24) is 4.90 Å². The molecule has 1 rings (SSSR count). The SMILES string of the molecule is COC(=O)/C(N)=C\c1ccc(NC(=O)N(C)/C(=C\CC=O)C(C)C)cc1. The first-order chi connectivity index (χ1) is 12.3. The summed E-state index contributed by atoms with van der Waals surface area (Å²) in [4.78, 5) is 35.8. The van der Waals surface area contributed by atoms with Crippen LogP contribution < -0.4 is 11.1 Å².